The lowest BCUT2D eigenvalue weighted by Crippen LogP contribution is -2.44. The van der Waals surface area contributed by atoms with E-state index in [0.717, 1.165) is 4.57 Å². The monoisotopic (exact) mass is 536 g/mol. The molecular formula is C28H28B3FN4O4. The fraction of sp³-hybridized carbons (Fsp3) is 0.393. The predicted molar refractivity (Wildman–Crippen MR) is 155 cm³/mol. The van der Waals surface area contributed by atoms with Crippen molar-refractivity contribution in [3.05, 3.63) is 63.8 Å². The third-order valence-electron chi connectivity index (χ3n) is 5.96. The Morgan fingerprint density at radius 1 is 1.12 bits per heavy atom. The van der Waals surface area contributed by atoms with Crippen LogP contribution >= 0.6 is 0 Å². The van der Waals surface area contributed by atoms with Gasteiger partial charge in [0, 0.05) is 23.4 Å². The first-order valence-corrected chi connectivity index (χ1v) is 12.7. The fourth-order valence-corrected chi connectivity index (χ4v) is 4.37. The minimum Gasteiger partial charge on any atom is -0.444 e. The molecule has 0 fully saturated rings. The number of anilines is 2. The van der Waals surface area contributed by atoms with E-state index in [0.29, 0.717) is 16.8 Å². The largest absolute Gasteiger partial charge is 0.444 e. The van der Waals surface area contributed by atoms with E-state index in [1.165, 1.54) is 18.2 Å². The summed E-state index contributed by atoms with van der Waals surface area (Å²) in [4.78, 5) is 31.2. The molecular weight excluding hydrogens is 508 g/mol. The van der Waals surface area contributed by atoms with Crippen molar-refractivity contribution in [1.29, 1.82) is 0 Å². The molecule has 2 heterocycles. The van der Waals surface area contributed by atoms with Crippen molar-refractivity contribution in [3.63, 3.8) is 0 Å². The summed E-state index contributed by atoms with van der Waals surface area (Å²) < 4.78 is 27.4. The number of aromatic nitrogens is 2. The molecule has 1 aliphatic heterocycles. The second-order valence-electron chi connectivity index (χ2n) is 11.1. The van der Waals surface area contributed by atoms with Crippen molar-refractivity contribution in [1.82, 2.24) is 14.9 Å². The molecule has 12 heteroatoms. The number of ether oxygens (including phenoxy) is 2. The number of fused-ring (bicyclic) bond motifs is 2. The first-order valence-electron chi connectivity index (χ1n) is 12.7. The van der Waals surface area contributed by atoms with E-state index in [-0.39, 0.29) is 36.5 Å². The van der Waals surface area contributed by atoms with Crippen LogP contribution in [0.2, 0.25) is 0 Å². The minimum atomic E-state index is -2.10. The van der Waals surface area contributed by atoms with Crippen molar-refractivity contribution in [2.75, 3.05) is 18.1 Å². The van der Waals surface area contributed by atoms with Gasteiger partial charge in [0.05, 0.1) is 53.2 Å². The minimum absolute atomic E-state index is 0.0276. The quantitative estimate of drug-likeness (QED) is 0.410. The van der Waals surface area contributed by atoms with Gasteiger partial charge in [0.2, 0.25) is 0 Å². The van der Waals surface area contributed by atoms with Gasteiger partial charge in [0.1, 0.15) is 11.4 Å². The van der Waals surface area contributed by atoms with Crippen LogP contribution in [0.4, 0.5) is 20.7 Å². The molecule has 0 spiro atoms. The second kappa shape index (κ2) is 10.7. The summed E-state index contributed by atoms with van der Waals surface area (Å²) in [6.07, 6.45) is -0.584. The molecule has 0 unspecified atom stereocenters. The molecule has 1 N–H and O–H groups in total. The summed E-state index contributed by atoms with van der Waals surface area (Å²) in [6.45, 7) is 9.60. The standard InChI is InChI=1S/C28H28B3FN4O4/c1-26(2,3)40-25(38)34-27(4,5)13-12-17-8-6-10-20-18(17)16-39-15-14-35(20)23-22-19(32)9-7-11-21(22)36(24(37)33-23)28(29,30)31/h6-11H,14-16H2,1-5H3,(H,34,38). The van der Waals surface area contributed by atoms with Crippen LogP contribution in [0.1, 0.15) is 45.7 Å². The summed E-state index contributed by atoms with van der Waals surface area (Å²) in [7, 11) is 17.5. The maximum absolute atomic E-state index is 15.3. The topological polar surface area (TPSA) is 85.7 Å². The zero-order valence-corrected chi connectivity index (χ0v) is 23.2. The molecule has 0 bridgehead atoms. The average Bonchev–Trinajstić information content (AvgIpc) is 3.02. The number of halogens is 1. The van der Waals surface area contributed by atoms with Gasteiger partial charge in [-0.05, 0) is 58.9 Å². The van der Waals surface area contributed by atoms with Crippen LogP contribution in [0.25, 0.3) is 10.9 Å². The van der Waals surface area contributed by atoms with E-state index in [4.69, 9.17) is 33.0 Å². The summed E-state index contributed by atoms with van der Waals surface area (Å²) in [5, 5.41) is 0.692. The Morgan fingerprint density at radius 3 is 2.50 bits per heavy atom. The maximum Gasteiger partial charge on any atom is 0.408 e. The van der Waals surface area contributed by atoms with Crippen LogP contribution < -0.4 is 15.9 Å². The highest BCUT2D eigenvalue weighted by molar-refractivity contribution is 6.56. The lowest BCUT2D eigenvalue weighted by molar-refractivity contribution is 0.0494. The lowest BCUT2D eigenvalue weighted by Gasteiger charge is -2.29. The van der Waals surface area contributed by atoms with E-state index in [1.807, 2.05) is 12.1 Å². The summed E-state index contributed by atoms with van der Waals surface area (Å²) in [5.41, 5.74) is -0.327. The number of carbonyl (C=O) groups excluding carboxylic acids is 1. The molecule has 2 aromatic carbocycles. The van der Waals surface area contributed by atoms with Gasteiger partial charge in [-0.1, -0.05) is 29.2 Å². The number of amides is 1. The predicted octanol–water partition coefficient (Wildman–Crippen LogP) is 2.93. The van der Waals surface area contributed by atoms with Crippen LogP contribution in [0.3, 0.4) is 0 Å². The van der Waals surface area contributed by atoms with Crippen molar-refractivity contribution in [2.45, 2.75) is 57.6 Å². The molecule has 0 aliphatic carbocycles. The Morgan fingerprint density at radius 2 is 1.82 bits per heavy atom. The Hall–Kier alpha value is -3.71. The van der Waals surface area contributed by atoms with Crippen LogP contribution in [-0.4, -0.2) is 63.5 Å². The first-order chi connectivity index (χ1) is 18.6. The molecule has 0 saturated carbocycles. The van der Waals surface area contributed by atoms with Crippen molar-refractivity contribution < 1.29 is 18.7 Å². The number of benzene rings is 2. The number of carbonyl (C=O) groups is 1. The van der Waals surface area contributed by atoms with E-state index in [2.05, 4.69) is 22.1 Å². The second-order valence-corrected chi connectivity index (χ2v) is 11.1. The normalized spacial score (nSPS) is 14.1. The molecule has 1 amide bonds. The number of alkyl carbamates (subject to hydrolysis) is 1. The van der Waals surface area contributed by atoms with E-state index < -0.39 is 34.0 Å². The van der Waals surface area contributed by atoms with E-state index in [9.17, 15) is 9.59 Å². The van der Waals surface area contributed by atoms with Gasteiger partial charge >= 0.3 is 11.8 Å². The highest BCUT2D eigenvalue weighted by Gasteiger charge is 2.28. The molecule has 4 rings (SSSR count). The molecule has 200 valence electrons. The zero-order chi connectivity index (χ0) is 29.5. The van der Waals surface area contributed by atoms with Crippen molar-refractivity contribution in [3.8, 4) is 11.8 Å². The molecule has 1 aliphatic rings. The van der Waals surface area contributed by atoms with Gasteiger partial charge in [-0.15, -0.1) is 0 Å². The Kier molecular flexibility index (Phi) is 7.83. The van der Waals surface area contributed by atoms with Gasteiger partial charge in [0.15, 0.2) is 5.82 Å². The Bertz CT molecular complexity index is 1580. The summed E-state index contributed by atoms with van der Waals surface area (Å²) >= 11 is 0. The van der Waals surface area contributed by atoms with Crippen molar-refractivity contribution >= 4 is 52.0 Å². The Balaban J connectivity index is 1.81. The number of hydrogen-bond donors (Lipinski definition) is 1. The highest BCUT2D eigenvalue weighted by atomic mass is 19.1. The number of nitrogens with zero attached hydrogens (tertiary/aromatic N) is 3. The first kappa shape index (κ1) is 29.3. The van der Waals surface area contributed by atoms with E-state index in [1.54, 1.807) is 45.6 Å². The SMILES string of the molecule is [B]C([B])([B])n1c(=O)nc(N2CCOCc3c(C#CC(C)(C)NC(=O)OC(C)(C)C)cccc32)c2c(F)cccc21. The maximum atomic E-state index is 15.3. The number of hydrogen-bond acceptors (Lipinski definition) is 6. The Labute approximate surface area is 236 Å². The molecule has 8 nitrogen and oxygen atoms in total. The average molecular weight is 536 g/mol. The number of rotatable bonds is 3. The van der Waals surface area contributed by atoms with Crippen molar-refractivity contribution in [2.24, 2.45) is 0 Å². The van der Waals surface area contributed by atoms with Crippen LogP contribution in [0.15, 0.2) is 41.2 Å². The van der Waals surface area contributed by atoms with Gasteiger partial charge in [0.25, 0.3) is 0 Å². The van der Waals surface area contributed by atoms with Gasteiger partial charge in [-0.2, -0.15) is 4.98 Å². The van der Waals surface area contributed by atoms with Crippen LogP contribution in [-0.2, 0) is 21.3 Å². The third-order valence-corrected chi connectivity index (χ3v) is 5.96. The molecule has 1 aromatic heterocycles. The molecule has 6 radical (unpaired) electrons. The summed E-state index contributed by atoms with van der Waals surface area (Å²) in [5.74, 6) is 5.66. The highest BCUT2D eigenvalue weighted by Crippen LogP contribution is 2.36. The lowest BCUT2D eigenvalue weighted by atomic mass is 9.49. The van der Waals surface area contributed by atoms with E-state index >= 15 is 4.39 Å². The zero-order valence-electron chi connectivity index (χ0n) is 23.2. The molecule has 40 heavy (non-hydrogen) atoms. The third kappa shape index (κ3) is 6.36. The van der Waals surface area contributed by atoms with Crippen LogP contribution in [0.5, 0.6) is 0 Å². The van der Waals surface area contributed by atoms with Gasteiger partial charge in [-0.3, -0.25) is 0 Å². The van der Waals surface area contributed by atoms with Gasteiger partial charge < -0.3 is 24.3 Å². The fourth-order valence-electron chi connectivity index (χ4n) is 4.37. The smallest absolute Gasteiger partial charge is 0.408 e. The summed E-state index contributed by atoms with van der Waals surface area (Å²) in [6, 6.07) is 9.62. The molecule has 3 aromatic rings. The van der Waals surface area contributed by atoms with Crippen LogP contribution in [0, 0.1) is 17.7 Å². The molecule has 0 saturated heterocycles. The number of nitrogens with one attached hydrogen (secondary N) is 1. The van der Waals surface area contributed by atoms with Gasteiger partial charge in [-0.25, -0.2) is 14.0 Å². The molecule has 0 atom stereocenters.